The minimum absolute atomic E-state index is 0.308. The van der Waals surface area contributed by atoms with Crippen molar-refractivity contribution in [1.82, 2.24) is 4.98 Å². The van der Waals surface area contributed by atoms with Gasteiger partial charge in [0, 0.05) is 12.2 Å². The zero-order valence-corrected chi connectivity index (χ0v) is 14.2. The lowest BCUT2D eigenvalue weighted by molar-refractivity contribution is 0.00578. The zero-order chi connectivity index (χ0) is 15.8. The predicted octanol–water partition coefficient (Wildman–Crippen LogP) is 3.13. The van der Waals surface area contributed by atoms with Gasteiger partial charge in [0.05, 0.1) is 11.2 Å². The Morgan fingerprint density at radius 1 is 1.09 bits per heavy atom. The summed E-state index contributed by atoms with van der Waals surface area (Å²) in [6.45, 7) is 8.31. The van der Waals surface area contributed by atoms with Crippen LogP contribution in [0.5, 0.6) is 0 Å². The number of nitrogens with zero attached hydrogens (tertiary/aromatic N) is 1. The number of anilines is 1. The van der Waals surface area contributed by atoms with Gasteiger partial charge in [-0.3, -0.25) is 0 Å². The van der Waals surface area contributed by atoms with Crippen LogP contribution in [-0.4, -0.2) is 29.3 Å². The molecule has 2 heterocycles. The summed E-state index contributed by atoms with van der Waals surface area (Å²) in [5.74, 6) is 0.930. The third-order valence-electron chi connectivity index (χ3n) is 5.27. The average molecular weight is 302 g/mol. The van der Waals surface area contributed by atoms with Crippen molar-refractivity contribution in [1.29, 1.82) is 0 Å². The first kappa shape index (κ1) is 15.8. The van der Waals surface area contributed by atoms with Crippen LogP contribution in [-0.2, 0) is 9.31 Å². The molecule has 2 aliphatic rings. The molecule has 4 nitrogen and oxygen atoms in total. The molecule has 1 saturated heterocycles. The summed E-state index contributed by atoms with van der Waals surface area (Å²) in [7, 11) is -0.320. The quantitative estimate of drug-likeness (QED) is 0.871. The molecular formula is C17H27BN2O2. The van der Waals surface area contributed by atoms with Crippen molar-refractivity contribution in [3.8, 4) is 0 Å². The van der Waals surface area contributed by atoms with Crippen molar-refractivity contribution in [3.05, 3.63) is 18.3 Å². The maximum absolute atomic E-state index is 6.12. The Bertz CT molecular complexity index is 511. The lowest BCUT2D eigenvalue weighted by Crippen LogP contribution is -2.41. The third-order valence-corrected chi connectivity index (χ3v) is 5.27. The van der Waals surface area contributed by atoms with E-state index in [2.05, 4.69) is 44.1 Å². The van der Waals surface area contributed by atoms with Crippen LogP contribution in [0.1, 0.15) is 59.8 Å². The highest BCUT2D eigenvalue weighted by Gasteiger charge is 2.51. The minimum Gasteiger partial charge on any atom is -0.399 e. The fourth-order valence-electron chi connectivity index (χ4n) is 3.11. The maximum Gasteiger partial charge on any atom is 0.495 e. The Hall–Kier alpha value is -1.07. The van der Waals surface area contributed by atoms with Gasteiger partial charge in [-0.05, 0) is 58.1 Å². The molecule has 2 fully saturated rings. The molecule has 0 radical (unpaired) electrons. The first-order chi connectivity index (χ1) is 10.4. The SMILES string of the molecule is CC1(C)OB(c2ccnc(NC3CCCCC3)c2)OC1(C)C. The number of nitrogens with one attached hydrogen (secondary N) is 1. The van der Waals surface area contributed by atoms with Crippen LogP contribution >= 0.6 is 0 Å². The van der Waals surface area contributed by atoms with E-state index >= 15 is 0 Å². The van der Waals surface area contributed by atoms with Crippen molar-refractivity contribution < 1.29 is 9.31 Å². The molecule has 0 unspecified atom stereocenters. The molecule has 0 atom stereocenters. The second-order valence-corrected chi connectivity index (χ2v) is 7.54. The molecule has 1 N–H and O–H groups in total. The molecule has 0 spiro atoms. The topological polar surface area (TPSA) is 43.4 Å². The highest BCUT2D eigenvalue weighted by atomic mass is 16.7. The molecule has 1 aliphatic heterocycles. The monoisotopic (exact) mass is 302 g/mol. The van der Waals surface area contributed by atoms with Crippen molar-refractivity contribution in [2.24, 2.45) is 0 Å². The van der Waals surface area contributed by atoms with Crippen molar-refractivity contribution in [2.75, 3.05) is 5.32 Å². The Morgan fingerprint density at radius 3 is 2.36 bits per heavy atom. The van der Waals surface area contributed by atoms with Gasteiger partial charge < -0.3 is 14.6 Å². The lowest BCUT2D eigenvalue weighted by Gasteiger charge is -2.32. The van der Waals surface area contributed by atoms with Gasteiger partial charge in [0.25, 0.3) is 0 Å². The van der Waals surface area contributed by atoms with Gasteiger partial charge in [-0.25, -0.2) is 4.98 Å². The lowest BCUT2D eigenvalue weighted by atomic mass is 9.79. The molecule has 5 heteroatoms. The number of hydrogen-bond acceptors (Lipinski definition) is 4. The fourth-order valence-corrected chi connectivity index (χ4v) is 3.11. The number of pyridine rings is 1. The van der Waals surface area contributed by atoms with Crippen molar-refractivity contribution in [2.45, 2.75) is 77.0 Å². The zero-order valence-electron chi connectivity index (χ0n) is 14.2. The molecular weight excluding hydrogens is 275 g/mol. The number of hydrogen-bond donors (Lipinski definition) is 1. The second-order valence-electron chi connectivity index (χ2n) is 7.54. The molecule has 1 aromatic rings. The molecule has 120 valence electrons. The van der Waals surface area contributed by atoms with Crippen LogP contribution in [0.25, 0.3) is 0 Å². The molecule has 1 saturated carbocycles. The van der Waals surface area contributed by atoms with E-state index in [1.807, 2.05) is 12.3 Å². The highest BCUT2D eigenvalue weighted by molar-refractivity contribution is 6.62. The van der Waals surface area contributed by atoms with Gasteiger partial charge in [0.2, 0.25) is 0 Å². The molecule has 0 aromatic carbocycles. The Balaban J connectivity index is 1.72. The average Bonchev–Trinajstić information content (AvgIpc) is 2.69. The van der Waals surface area contributed by atoms with Crippen LogP contribution in [0.2, 0.25) is 0 Å². The van der Waals surface area contributed by atoms with E-state index in [-0.39, 0.29) is 18.3 Å². The Morgan fingerprint density at radius 2 is 1.73 bits per heavy atom. The summed E-state index contributed by atoms with van der Waals surface area (Å²) >= 11 is 0. The van der Waals surface area contributed by atoms with Crippen molar-refractivity contribution >= 4 is 18.4 Å². The van der Waals surface area contributed by atoms with E-state index < -0.39 is 0 Å². The molecule has 0 bridgehead atoms. The normalized spacial score (nSPS) is 24.5. The second kappa shape index (κ2) is 5.86. The summed E-state index contributed by atoms with van der Waals surface area (Å²) in [6.07, 6.45) is 8.30. The van der Waals surface area contributed by atoms with E-state index in [9.17, 15) is 0 Å². The van der Waals surface area contributed by atoms with Crippen LogP contribution in [0.3, 0.4) is 0 Å². The fraction of sp³-hybridized carbons (Fsp3) is 0.706. The summed E-state index contributed by atoms with van der Waals surface area (Å²) < 4.78 is 12.2. The molecule has 1 aliphatic carbocycles. The summed E-state index contributed by atoms with van der Waals surface area (Å²) in [6, 6.07) is 4.60. The van der Waals surface area contributed by atoms with Gasteiger partial charge in [0.15, 0.2) is 0 Å². The van der Waals surface area contributed by atoms with Crippen LogP contribution in [0.4, 0.5) is 5.82 Å². The van der Waals surface area contributed by atoms with Gasteiger partial charge in [-0.2, -0.15) is 0 Å². The summed E-state index contributed by atoms with van der Waals surface area (Å²) in [5.41, 5.74) is 0.419. The van der Waals surface area contributed by atoms with Gasteiger partial charge >= 0.3 is 7.12 Å². The van der Waals surface area contributed by atoms with E-state index in [1.165, 1.54) is 32.1 Å². The first-order valence-electron chi connectivity index (χ1n) is 8.45. The number of aromatic nitrogens is 1. The maximum atomic E-state index is 6.12. The smallest absolute Gasteiger partial charge is 0.399 e. The van der Waals surface area contributed by atoms with E-state index in [4.69, 9.17) is 9.31 Å². The van der Waals surface area contributed by atoms with E-state index in [0.29, 0.717) is 6.04 Å². The van der Waals surface area contributed by atoms with Gasteiger partial charge in [0.1, 0.15) is 5.82 Å². The van der Waals surface area contributed by atoms with Gasteiger partial charge in [-0.1, -0.05) is 19.3 Å². The highest BCUT2D eigenvalue weighted by Crippen LogP contribution is 2.36. The van der Waals surface area contributed by atoms with Gasteiger partial charge in [-0.15, -0.1) is 0 Å². The Kier molecular flexibility index (Phi) is 4.21. The van der Waals surface area contributed by atoms with Crippen LogP contribution in [0.15, 0.2) is 18.3 Å². The molecule has 1 aromatic heterocycles. The van der Waals surface area contributed by atoms with E-state index in [1.54, 1.807) is 0 Å². The minimum atomic E-state index is -0.320. The first-order valence-corrected chi connectivity index (χ1v) is 8.45. The van der Waals surface area contributed by atoms with Crippen LogP contribution < -0.4 is 10.8 Å². The summed E-state index contributed by atoms with van der Waals surface area (Å²) in [4.78, 5) is 4.46. The molecule has 22 heavy (non-hydrogen) atoms. The largest absolute Gasteiger partial charge is 0.495 e. The predicted molar refractivity (Wildman–Crippen MR) is 90.4 cm³/mol. The standard InChI is InChI=1S/C17H27BN2O2/c1-16(2)17(3,4)22-18(21-16)13-10-11-19-15(12-13)20-14-8-6-5-7-9-14/h10-12,14H,5-9H2,1-4H3,(H,19,20). The van der Waals surface area contributed by atoms with Crippen molar-refractivity contribution in [3.63, 3.8) is 0 Å². The molecule has 3 rings (SSSR count). The van der Waals surface area contributed by atoms with E-state index in [0.717, 1.165) is 11.3 Å². The third kappa shape index (κ3) is 3.16. The number of rotatable bonds is 3. The Labute approximate surface area is 134 Å². The van der Waals surface area contributed by atoms with Crippen LogP contribution in [0, 0.1) is 0 Å². The molecule has 0 amide bonds. The summed E-state index contributed by atoms with van der Waals surface area (Å²) in [5, 5.41) is 3.56.